The molecule has 1 N–H and O–H groups in total. The van der Waals surface area contributed by atoms with E-state index in [9.17, 15) is 0 Å². The maximum Gasteiger partial charge on any atom is 0.193 e. The molecule has 0 aromatic carbocycles. The average Bonchev–Trinajstić information content (AvgIpc) is 3.15. The van der Waals surface area contributed by atoms with Gasteiger partial charge in [0.25, 0.3) is 0 Å². The zero-order chi connectivity index (χ0) is 15.8. The second kappa shape index (κ2) is 10.9. The van der Waals surface area contributed by atoms with Crippen LogP contribution >= 0.6 is 24.0 Å². The molecule has 1 fully saturated rings. The summed E-state index contributed by atoms with van der Waals surface area (Å²) in [4.78, 5) is 6.50. The molecule has 0 spiro atoms. The third kappa shape index (κ3) is 6.71. The Hall–Kier alpha value is -0.760. The van der Waals surface area contributed by atoms with Crippen LogP contribution in [0.4, 0.5) is 0 Å². The fraction of sp³-hybridized carbons (Fsp3) is 0.706. The molecule has 1 heterocycles. The number of ether oxygens (including phenoxy) is 1. The lowest BCUT2D eigenvalue weighted by molar-refractivity contribution is 0.0573. The molecule has 1 aliphatic rings. The SMILES string of the molecule is CN=C(NCCCOC1CCCC1)N(C)Cc1cccn1C.I. The molecule has 23 heavy (non-hydrogen) atoms. The number of rotatable bonds is 7. The Kier molecular flexibility index (Phi) is 9.62. The van der Waals surface area contributed by atoms with Gasteiger partial charge in [0.2, 0.25) is 0 Å². The number of aliphatic imine (C=N–C) groups is 1. The molecule has 2 rings (SSSR count). The Morgan fingerprint density at radius 1 is 1.43 bits per heavy atom. The summed E-state index contributed by atoms with van der Waals surface area (Å²) in [7, 11) is 5.97. The lowest BCUT2D eigenvalue weighted by atomic mass is 10.3. The molecule has 0 bridgehead atoms. The molecule has 0 atom stereocenters. The molecule has 0 aliphatic heterocycles. The van der Waals surface area contributed by atoms with Crippen LogP contribution in [0.15, 0.2) is 23.3 Å². The van der Waals surface area contributed by atoms with E-state index >= 15 is 0 Å². The van der Waals surface area contributed by atoms with Gasteiger partial charge in [-0.25, -0.2) is 0 Å². The number of hydrogen-bond donors (Lipinski definition) is 1. The highest BCUT2D eigenvalue weighted by molar-refractivity contribution is 14.0. The number of nitrogens with one attached hydrogen (secondary N) is 1. The van der Waals surface area contributed by atoms with Gasteiger partial charge in [-0.05, 0) is 31.4 Å². The molecule has 0 amide bonds. The zero-order valence-electron chi connectivity index (χ0n) is 14.6. The van der Waals surface area contributed by atoms with Gasteiger partial charge in [-0.3, -0.25) is 4.99 Å². The highest BCUT2D eigenvalue weighted by atomic mass is 127. The molecule has 5 nitrogen and oxygen atoms in total. The third-order valence-electron chi connectivity index (χ3n) is 4.28. The Balaban J connectivity index is 0.00000264. The summed E-state index contributed by atoms with van der Waals surface area (Å²) in [6.45, 7) is 2.59. The summed E-state index contributed by atoms with van der Waals surface area (Å²) < 4.78 is 8.02. The van der Waals surface area contributed by atoms with Crippen LogP contribution in [0.1, 0.15) is 37.8 Å². The fourth-order valence-corrected chi connectivity index (χ4v) is 2.94. The molecule has 1 aliphatic carbocycles. The second-order valence-corrected chi connectivity index (χ2v) is 6.07. The number of guanidine groups is 1. The van der Waals surface area contributed by atoms with Crippen molar-refractivity contribution in [2.24, 2.45) is 12.0 Å². The molecule has 1 aromatic heterocycles. The summed E-state index contributed by atoms with van der Waals surface area (Å²) in [6.07, 6.45) is 8.76. The van der Waals surface area contributed by atoms with E-state index in [-0.39, 0.29) is 24.0 Å². The number of aryl methyl sites for hydroxylation is 1. The average molecular weight is 434 g/mol. The topological polar surface area (TPSA) is 41.8 Å². The molecule has 0 radical (unpaired) electrons. The molecule has 0 saturated heterocycles. The lowest BCUT2D eigenvalue weighted by Gasteiger charge is -2.22. The first-order chi connectivity index (χ1) is 10.7. The van der Waals surface area contributed by atoms with E-state index in [0.29, 0.717) is 6.10 Å². The van der Waals surface area contributed by atoms with E-state index in [0.717, 1.165) is 32.1 Å². The predicted molar refractivity (Wildman–Crippen MR) is 106 cm³/mol. The van der Waals surface area contributed by atoms with Crippen LogP contribution in [0.5, 0.6) is 0 Å². The van der Waals surface area contributed by atoms with E-state index < -0.39 is 0 Å². The minimum atomic E-state index is 0. The minimum Gasteiger partial charge on any atom is -0.378 e. The van der Waals surface area contributed by atoms with Crippen molar-refractivity contribution in [3.05, 3.63) is 24.0 Å². The van der Waals surface area contributed by atoms with Crippen LogP contribution in [0.25, 0.3) is 0 Å². The van der Waals surface area contributed by atoms with Crippen molar-refractivity contribution in [2.75, 3.05) is 27.2 Å². The van der Waals surface area contributed by atoms with Gasteiger partial charge in [0.15, 0.2) is 5.96 Å². The summed E-state index contributed by atoms with van der Waals surface area (Å²) >= 11 is 0. The van der Waals surface area contributed by atoms with Gasteiger partial charge in [0.05, 0.1) is 12.6 Å². The Labute approximate surface area is 157 Å². The molecular weight excluding hydrogens is 403 g/mol. The third-order valence-corrected chi connectivity index (χ3v) is 4.28. The quantitative estimate of drug-likeness (QED) is 0.311. The normalized spacial score (nSPS) is 15.5. The molecule has 0 unspecified atom stereocenters. The standard InChI is InChI=1S/C17H30N4O.HI/c1-18-17(21(3)14-15-8-6-12-20(15)2)19-11-7-13-22-16-9-4-5-10-16;/h6,8,12,16H,4-5,7,9-11,13-14H2,1-3H3,(H,18,19);1H. The van der Waals surface area contributed by atoms with E-state index in [2.05, 4.69) is 52.2 Å². The first kappa shape index (κ1) is 20.3. The molecule has 132 valence electrons. The molecule has 1 saturated carbocycles. The van der Waals surface area contributed by atoms with E-state index in [1.54, 1.807) is 0 Å². The van der Waals surface area contributed by atoms with Crippen LogP contribution in [0.3, 0.4) is 0 Å². The molecule has 1 aromatic rings. The Morgan fingerprint density at radius 2 is 2.17 bits per heavy atom. The van der Waals surface area contributed by atoms with Crippen molar-refractivity contribution in [1.82, 2.24) is 14.8 Å². The van der Waals surface area contributed by atoms with Crippen LogP contribution in [-0.2, 0) is 18.3 Å². The maximum atomic E-state index is 5.88. The summed E-state index contributed by atoms with van der Waals surface area (Å²) in [5, 5.41) is 3.41. The van der Waals surface area contributed by atoms with Crippen LogP contribution < -0.4 is 5.32 Å². The van der Waals surface area contributed by atoms with Crippen molar-refractivity contribution in [3.8, 4) is 0 Å². The van der Waals surface area contributed by atoms with Gasteiger partial charge in [-0.1, -0.05) is 12.8 Å². The highest BCUT2D eigenvalue weighted by Crippen LogP contribution is 2.20. The lowest BCUT2D eigenvalue weighted by Crippen LogP contribution is -2.39. The minimum absolute atomic E-state index is 0. The monoisotopic (exact) mass is 434 g/mol. The first-order valence-electron chi connectivity index (χ1n) is 8.34. The number of halogens is 1. The van der Waals surface area contributed by atoms with Crippen molar-refractivity contribution in [2.45, 2.75) is 44.8 Å². The Morgan fingerprint density at radius 3 is 2.78 bits per heavy atom. The van der Waals surface area contributed by atoms with Crippen molar-refractivity contribution < 1.29 is 4.74 Å². The summed E-state index contributed by atoms with van der Waals surface area (Å²) in [6, 6.07) is 4.21. The van der Waals surface area contributed by atoms with Gasteiger partial charge in [-0.2, -0.15) is 0 Å². The zero-order valence-corrected chi connectivity index (χ0v) is 17.0. The second-order valence-electron chi connectivity index (χ2n) is 6.07. The van der Waals surface area contributed by atoms with Crippen molar-refractivity contribution >= 4 is 29.9 Å². The van der Waals surface area contributed by atoms with E-state index in [1.807, 2.05) is 7.05 Å². The van der Waals surface area contributed by atoms with E-state index in [4.69, 9.17) is 4.74 Å². The van der Waals surface area contributed by atoms with Gasteiger partial charge in [-0.15, -0.1) is 24.0 Å². The number of nitrogens with zero attached hydrogens (tertiary/aromatic N) is 3. The predicted octanol–water partition coefficient (Wildman–Crippen LogP) is 3.00. The van der Waals surface area contributed by atoms with Gasteiger partial charge in [0, 0.05) is 46.2 Å². The largest absolute Gasteiger partial charge is 0.378 e. The number of hydrogen-bond acceptors (Lipinski definition) is 2. The van der Waals surface area contributed by atoms with Crippen LogP contribution in [-0.4, -0.2) is 48.8 Å². The first-order valence-corrected chi connectivity index (χ1v) is 8.34. The molecule has 6 heteroatoms. The van der Waals surface area contributed by atoms with Crippen LogP contribution in [0, 0.1) is 0 Å². The van der Waals surface area contributed by atoms with E-state index in [1.165, 1.54) is 31.4 Å². The smallest absolute Gasteiger partial charge is 0.193 e. The molecular formula is C17H31IN4O. The van der Waals surface area contributed by atoms with Crippen molar-refractivity contribution in [1.29, 1.82) is 0 Å². The fourth-order valence-electron chi connectivity index (χ4n) is 2.94. The van der Waals surface area contributed by atoms with Gasteiger partial charge >= 0.3 is 0 Å². The van der Waals surface area contributed by atoms with Crippen LogP contribution in [0.2, 0.25) is 0 Å². The van der Waals surface area contributed by atoms with Gasteiger partial charge < -0.3 is 19.5 Å². The summed E-state index contributed by atoms with van der Waals surface area (Å²) in [5.41, 5.74) is 1.27. The maximum absolute atomic E-state index is 5.88. The van der Waals surface area contributed by atoms with Gasteiger partial charge in [0.1, 0.15) is 0 Å². The van der Waals surface area contributed by atoms with Crippen molar-refractivity contribution in [3.63, 3.8) is 0 Å². The highest BCUT2D eigenvalue weighted by Gasteiger charge is 2.14. The summed E-state index contributed by atoms with van der Waals surface area (Å²) in [5.74, 6) is 0.932. The Bertz CT molecular complexity index is 469. The number of aromatic nitrogens is 1.